The topological polar surface area (TPSA) is 35.5 Å². The van der Waals surface area contributed by atoms with Crippen molar-refractivity contribution in [2.75, 3.05) is 26.2 Å². The molecule has 1 saturated heterocycles. The second-order valence-corrected chi connectivity index (χ2v) is 5.33. The number of hydrogen-bond donors (Lipinski definition) is 2. The van der Waals surface area contributed by atoms with Crippen molar-refractivity contribution in [2.24, 2.45) is 0 Å². The van der Waals surface area contributed by atoms with Crippen LogP contribution in [0, 0.1) is 0 Å². The van der Waals surface area contributed by atoms with Crippen LogP contribution >= 0.6 is 40.7 Å². The fraction of sp³-hybridized carbons (Fsp3) is 0.538. The fourth-order valence-electron chi connectivity index (χ4n) is 2.46. The molecule has 1 fully saturated rings. The number of phenols is 1. The van der Waals surface area contributed by atoms with Crippen LogP contribution in [0.5, 0.6) is 5.75 Å². The van der Waals surface area contributed by atoms with Crippen LogP contribution in [-0.4, -0.2) is 36.2 Å². The first-order valence-corrected chi connectivity index (χ1v) is 6.95. The minimum atomic E-state index is 0. The van der Waals surface area contributed by atoms with Crippen molar-refractivity contribution in [3.63, 3.8) is 0 Å². The predicted octanol–water partition coefficient (Wildman–Crippen LogP) is 3.35. The maximum atomic E-state index is 10.0. The molecular weight excluding hydrogens is 351 g/mol. The monoisotopic (exact) mass is 370 g/mol. The van der Waals surface area contributed by atoms with Gasteiger partial charge in [0.15, 0.2) is 0 Å². The normalized spacial score (nSPS) is 17.2. The van der Waals surface area contributed by atoms with Crippen LogP contribution in [0.4, 0.5) is 0 Å². The van der Waals surface area contributed by atoms with Gasteiger partial charge in [0.25, 0.3) is 0 Å². The molecule has 1 aromatic rings. The van der Waals surface area contributed by atoms with Crippen LogP contribution in [0.2, 0.25) is 0 Å². The van der Waals surface area contributed by atoms with Gasteiger partial charge >= 0.3 is 0 Å². The van der Waals surface area contributed by atoms with Crippen LogP contribution < -0.4 is 5.32 Å². The van der Waals surface area contributed by atoms with Crippen molar-refractivity contribution in [3.8, 4) is 5.75 Å². The Morgan fingerprint density at radius 3 is 2.53 bits per heavy atom. The number of benzene rings is 1. The van der Waals surface area contributed by atoms with Crippen LogP contribution in [0.15, 0.2) is 22.7 Å². The number of piperazine rings is 1. The van der Waals surface area contributed by atoms with Gasteiger partial charge in [-0.25, -0.2) is 0 Å². The summed E-state index contributed by atoms with van der Waals surface area (Å²) < 4.78 is 1.03. The summed E-state index contributed by atoms with van der Waals surface area (Å²) in [5.41, 5.74) is 1.03. The zero-order chi connectivity index (χ0) is 12.3. The lowest BCUT2D eigenvalue weighted by Gasteiger charge is -2.35. The number of hydrogen-bond acceptors (Lipinski definition) is 3. The molecule has 0 amide bonds. The number of phenolic OH excluding ortho intramolecular Hbond substituents is 1. The number of nitrogens with zero attached hydrogens (tertiary/aromatic N) is 1. The van der Waals surface area contributed by atoms with Crippen LogP contribution in [0.1, 0.15) is 24.9 Å². The zero-order valence-corrected chi connectivity index (χ0v) is 14.2. The van der Waals surface area contributed by atoms with E-state index in [1.54, 1.807) is 6.07 Å². The van der Waals surface area contributed by atoms with Crippen molar-refractivity contribution in [1.82, 2.24) is 10.2 Å². The second-order valence-electron chi connectivity index (χ2n) is 4.41. The summed E-state index contributed by atoms with van der Waals surface area (Å²) in [4.78, 5) is 2.44. The van der Waals surface area contributed by atoms with Crippen LogP contribution in [0.3, 0.4) is 0 Å². The third kappa shape index (κ3) is 4.80. The van der Waals surface area contributed by atoms with Gasteiger partial charge in [0.2, 0.25) is 0 Å². The Hall–Kier alpha value is -0.000000000000000111. The molecule has 0 aliphatic carbocycles. The third-order valence-corrected chi connectivity index (χ3v) is 3.82. The van der Waals surface area contributed by atoms with Gasteiger partial charge in [-0.15, -0.1) is 24.8 Å². The Morgan fingerprint density at radius 1 is 1.32 bits per heavy atom. The molecule has 1 atom stereocenters. The number of nitrogens with one attached hydrogen (secondary N) is 1. The standard InChI is InChI=1S/C13H19BrN2O.2ClH/c1-2-12(16-7-5-15-6-8-16)11-9-10(14)3-4-13(11)17;;/h3-4,9,12,15,17H,2,5-8H2,1H3;2*1H/t12-;;/m1../s1. The summed E-state index contributed by atoms with van der Waals surface area (Å²) >= 11 is 3.48. The summed E-state index contributed by atoms with van der Waals surface area (Å²) in [6, 6.07) is 5.99. The molecule has 0 spiro atoms. The van der Waals surface area contributed by atoms with E-state index in [0.29, 0.717) is 11.8 Å². The molecule has 2 N–H and O–H groups in total. The second kappa shape index (κ2) is 9.03. The highest BCUT2D eigenvalue weighted by Crippen LogP contribution is 2.33. The van der Waals surface area contributed by atoms with E-state index in [-0.39, 0.29) is 24.8 Å². The van der Waals surface area contributed by atoms with E-state index in [1.807, 2.05) is 12.1 Å². The predicted molar refractivity (Wildman–Crippen MR) is 87.8 cm³/mol. The molecule has 1 aliphatic heterocycles. The quantitative estimate of drug-likeness (QED) is 0.855. The van der Waals surface area contributed by atoms with Crippen LogP contribution in [0.25, 0.3) is 0 Å². The fourth-order valence-corrected chi connectivity index (χ4v) is 2.84. The molecule has 0 unspecified atom stereocenters. The highest BCUT2D eigenvalue weighted by atomic mass is 79.9. The Bertz CT molecular complexity index is 387. The first-order valence-electron chi connectivity index (χ1n) is 6.15. The molecule has 1 heterocycles. The molecule has 6 heteroatoms. The van der Waals surface area contributed by atoms with Crippen LogP contribution in [-0.2, 0) is 0 Å². The third-order valence-electron chi connectivity index (χ3n) is 3.33. The van der Waals surface area contributed by atoms with Crippen molar-refractivity contribution in [3.05, 3.63) is 28.2 Å². The first kappa shape index (κ1) is 19.0. The molecule has 110 valence electrons. The maximum absolute atomic E-state index is 10.0. The zero-order valence-electron chi connectivity index (χ0n) is 10.9. The molecule has 0 saturated carbocycles. The Kier molecular flexibility index (Phi) is 9.03. The SMILES string of the molecule is CC[C@H](c1cc(Br)ccc1O)N1CCNCC1.Cl.Cl. The Labute approximate surface area is 135 Å². The summed E-state index contributed by atoms with van der Waals surface area (Å²) in [6.07, 6.45) is 1.02. The molecule has 3 nitrogen and oxygen atoms in total. The van der Waals surface area contributed by atoms with Gasteiger partial charge < -0.3 is 10.4 Å². The molecule has 1 aromatic carbocycles. The largest absolute Gasteiger partial charge is 0.508 e. The molecule has 19 heavy (non-hydrogen) atoms. The first-order chi connectivity index (χ1) is 8.22. The average molecular weight is 372 g/mol. The number of halogens is 3. The summed E-state index contributed by atoms with van der Waals surface area (Å²) in [6.45, 7) is 6.33. The number of rotatable bonds is 3. The van der Waals surface area contributed by atoms with Gasteiger partial charge in [-0.05, 0) is 24.6 Å². The molecule has 2 rings (SSSR count). The molecule has 0 radical (unpaired) electrons. The highest BCUT2D eigenvalue weighted by molar-refractivity contribution is 9.10. The van der Waals surface area contributed by atoms with Gasteiger partial charge in [0.1, 0.15) is 5.75 Å². The van der Waals surface area contributed by atoms with Gasteiger partial charge in [-0.1, -0.05) is 22.9 Å². The van der Waals surface area contributed by atoms with Crippen molar-refractivity contribution in [1.29, 1.82) is 0 Å². The van der Waals surface area contributed by atoms with Gasteiger partial charge in [0.05, 0.1) is 0 Å². The van der Waals surface area contributed by atoms with Gasteiger partial charge in [-0.2, -0.15) is 0 Å². The van der Waals surface area contributed by atoms with E-state index in [9.17, 15) is 5.11 Å². The Balaban J connectivity index is 0.00000162. The van der Waals surface area contributed by atoms with E-state index in [4.69, 9.17) is 0 Å². The minimum absolute atomic E-state index is 0. The molecule has 0 aromatic heterocycles. The van der Waals surface area contributed by atoms with E-state index < -0.39 is 0 Å². The van der Waals surface area contributed by atoms with E-state index in [2.05, 4.69) is 33.1 Å². The van der Waals surface area contributed by atoms with Gasteiger partial charge in [0, 0.05) is 42.3 Å². The van der Waals surface area contributed by atoms with Gasteiger partial charge in [-0.3, -0.25) is 4.90 Å². The minimum Gasteiger partial charge on any atom is -0.508 e. The summed E-state index contributed by atoms with van der Waals surface area (Å²) in [7, 11) is 0. The highest BCUT2D eigenvalue weighted by Gasteiger charge is 2.22. The van der Waals surface area contributed by atoms with Crippen molar-refractivity contribution >= 4 is 40.7 Å². The number of aromatic hydroxyl groups is 1. The van der Waals surface area contributed by atoms with E-state index >= 15 is 0 Å². The molecule has 1 aliphatic rings. The lowest BCUT2D eigenvalue weighted by Crippen LogP contribution is -2.45. The van der Waals surface area contributed by atoms with Crippen molar-refractivity contribution < 1.29 is 5.11 Å². The lowest BCUT2D eigenvalue weighted by molar-refractivity contribution is 0.167. The Morgan fingerprint density at radius 2 is 1.95 bits per heavy atom. The summed E-state index contributed by atoms with van der Waals surface area (Å²) in [5, 5.41) is 13.4. The summed E-state index contributed by atoms with van der Waals surface area (Å²) in [5.74, 6) is 0.401. The molecular formula is C13H21BrCl2N2O. The molecule has 0 bridgehead atoms. The smallest absolute Gasteiger partial charge is 0.120 e. The average Bonchev–Trinajstić information content (AvgIpc) is 2.36. The lowest BCUT2D eigenvalue weighted by atomic mass is 10.0. The van der Waals surface area contributed by atoms with E-state index in [1.165, 1.54) is 0 Å². The maximum Gasteiger partial charge on any atom is 0.120 e. The van der Waals surface area contributed by atoms with Crippen molar-refractivity contribution in [2.45, 2.75) is 19.4 Å². The van der Waals surface area contributed by atoms with E-state index in [0.717, 1.165) is 42.6 Å².